The molecule has 0 fully saturated rings. The summed E-state index contributed by atoms with van der Waals surface area (Å²) in [5.41, 5.74) is 0.374. The molecule has 0 saturated heterocycles. The van der Waals surface area contributed by atoms with Gasteiger partial charge >= 0.3 is 18.2 Å². The molecule has 2 rings (SSSR count). The number of rotatable bonds is 7. The topological polar surface area (TPSA) is 88.1 Å². The number of carbonyl (C=O) groups excluding carboxylic acids is 1. The van der Waals surface area contributed by atoms with Gasteiger partial charge in [-0.2, -0.15) is 27.1 Å². The van der Waals surface area contributed by atoms with Crippen molar-refractivity contribution in [2.24, 2.45) is 5.10 Å². The van der Waals surface area contributed by atoms with Crippen molar-refractivity contribution in [2.75, 3.05) is 19.3 Å². The number of hydrogen-bond acceptors (Lipinski definition) is 6. The number of ether oxygens (including phenoxy) is 1. The average molecular weight is 500 g/mol. The van der Waals surface area contributed by atoms with Crippen LogP contribution in [0.1, 0.15) is 45.2 Å². The minimum Gasteiger partial charge on any atom is -0.444 e. The van der Waals surface area contributed by atoms with Crippen molar-refractivity contribution in [3.05, 3.63) is 29.8 Å². The quantitative estimate of drug-likeness (QED) is 0.565. The third-order valence-electron chi connectivity index (χ3n) is 4.70. The van der Waals surface area contributed by atoms with Gasteiger partial charge in [0, 0.05) is 20.0 Å². The molecule has 1 atom stereocenters. The highest BCUT2D eigenvalue weighted by Crippen LogP contribution is 2.40. The summed E-state index contributed by atoms with van der Waals surface area (Å²) in [7, 11) is -2.33. The van der Waals surface area contributed by atoms with Gasteiger partial charge in [-0.1, -0.05) is 12.1 Å². The molecule has 1 aliphatic rings. The smallest absolute Gasteiger partial charge is 0.444 e. The number of benzene rings is 1. The Morgan fingerprint density at radius 3 is 2.42 bits per heavy atom. The van der Waals surface area contributed by atoms with E-state index in [0.717, 1.165) is 0 Å². The van der Waals surface area contributed by atoms with E-state index in [-0.39, 0.29) is 29.2 Å². The average Bonchev–Trinajstić information content (AvgIpc) is 3.16. The van der Waals surface area contributed by atoms with Crippen LogP contribution in [0.25, 0.3) is 0 Å². The fourth-order valence-electron chi connectivity index (χ4n) is 2.96. The molecule has 0 aliphatic carbocycles. The molecular weight excluding hydrogens is 473 g/mol. The van der Waals surface area contributed by atoms with E-state index in [9.17, 15) is 35.2 Å². The number of nitrogens with zero attached hydrogens (tertiary/aromatic N) is 2. The van der Waals surface area contributed by atoms with Gasteiger partial charge in [0.2, 0.25) is 0 Å². The first-order valence-electron chi connectivity index (χ1n) is 9.98. The van der Waals surface area contributed by atoms with Gasteiger partial charge < -0.3 is 15.1 Å². The Morgan fingerprint density at radius 2 is 1.85 bits per heavy atom. The molecule has 0 aromatic heterocycles. The lowest BCUT2D eigenvalue weighted by Crippen LogP contribution is -2.43. The summed E-state index contributed by atoms with van der Waals surface area (Å²) in [5.74, 6) is -5.39. The Labute approximate surface area is 188 Å². The van der Waals surface area contributed by atoms with E-state index in [4.69, 9.17) is 4.74 Å². The van der Waals surface area contributed by atoms with Crippen LogP contribution in [0.4, 0.5) is 26.7 Å². The van der Waals surface area contributed by atoms with Crippen LogP contribution < -0.4 is 5.43 Å². The van der Waals surface area contributed by atoms with E-state index in [0.29, 0.717) is 0 Å². The molecule has 1 N–H and O–H groups in total. The third kappa shape index (κ3) is 6.78. The Kier molecular flexibility index (Phi) is 7.66. The normalized spacial score (nSPS) is 17.4. The van der Waals surface area contributed by atoms with Gasteiger partial charge in [-0.3, -0.25) is 0 Å². The first-order valence-corrected chi connectivity index (χ1v) is 11.6. The van der Waals surface area contributed by atoms with Crippen molar-refractivity contribution < 1.29 is 39.9 Å². The number of hydrazone groups is 1. The minimum atomic E-state index is -5.78. The second kappa shape index (κ2) is 9.43. The number of alkyl halides is 5. The van der Waals surface area contributed by atoms with Crippen LogP contribution in [0.3, 0.4) is 0 Å². The molecule has 186 valence electrons. The van der Waals surface area contributed by atoms with Crippen molar-refractivity contribution in [3.8, 4) is 0 Å². The number of halogens is 5. The van der Waals surface area contributed by atoms with Gasteiger partial charge in [-0.05, 0) is 44.9 Å². The molecule has 33 heavy (non-hydrogen) atoms. The standard InChI is InChI=1S/C20H26F5N3O4S/c1-18(2,3)32-17(29)28(4)9-6-10-33(30,31)14-8-5-7-13(11-14)15-12-16(27-26-15)19(21,22)20(23,24)25/h5,7-8,11,15,26H,6,9-10,12H2,1-4H3. The van der Waals surface area contributed by atoms with Crippen LogP contribution in [0, 0.1) is 0 Å². The Morgan fingerprint density at radius 1 is 1.21 bits per heavy atom. The van der Waals surface area contributed by atoms with Crippen LogP contribution in [0.5, 0.6) is 0 Å². The first-order chi connectivity index (χ1) is 14.9. The van der Waals surface area contributed by atoms with Crippen LogP contribution in [0.2, 0.25) is 0 Å². The largest absolute Gasteiger partial charge is 0.459 e. The zero-order chi connectivity index (χ0) is 25.2. The van der Waals surface area contributed by atoms with Crippen molar-refractivity contribution >= 4 is 21.6 Å². The van der Waals surface area contributed by atoms with Gasteiger partial charge in [-0.25, -0.2) is 13.2 Å². The molecule has 0 radical (unpaired) electrons. The van der Waals surface area contributed by atoms with Crippen molar-refractivity contribution in [3.63, 3.8) is 0 Å². The number of hydrogen-bond donors (Lipinski definition) is 1. The van der Waals surface area contributed by atoms with E-state index in [1.165, 1.54) is 36.2 Å². The number of sulfone groups is 1. The fraction of sp³-hybridized carbons (Fsp3) is 0.600. The highest BCUT2D eigenvalue weighted by molar-refractivity contribution is 7.91. The minimum absolute atomic E-state index is 0.106. The van der Waals surface area contributed by atoms with Crippen LogP contribution in [0.15, 0.2) is 34.3 Å². The van der Waals surface area contributed by atoms with E-state index >= 15 is 0 Å². The number of carbonyl (C=O) groups is 1. The molecular formula is C20H26F5N3O4S. The molecule has 13 heteroatoms. The molecule has 0 bridgehead atoms. The molecule has 1 unspecified atom stereocenters. The molecule has 1 amide bonds. The molecule has 1 aliphatic heterocycles. The maximum absolute atomic E-state index is 13.5. The summed E-state index contributed by atoms with van der Waals surface area (Å²) >= 11 is 0. The summed E-state index contributed by atoms with van der Waals surface area (Å²) in [6, 6.07) is 4.28. The summed E-state index contributed by atoms with van der Waals surface area (Å²) < 4.78 is 95.3. The molecule has 7 nitrogen and oxygen atoms in total. The van der Waals surface area contributed by atoms with Crippen LogP contribution in [-0.2, 0) is 14.6 Å². The summed E-state index contributed by atoms with van der Waals surface area (Å²) in [4.78, 5) is 13.1. The second-order valence-corrected chi connectivity index (χ2v) is 10.8. The molecule has 1 aromatic rings. The Bertz CT molecular complexity index is 1000. The lowest BCUT2D eigenvalue weighted by Gasteiger charge is -2.24. The monoisotopic (exact) mass is 499 g/mol. The predicted molar refractivity (Wildman–Crippen MR) is 111 cm³/mol. The van der Waals surface area contributed by atoms with Gasteiger partial charge in [0.15, 0.2) is 9.84 Å². The highest BCUT2D eigenvalue weighted by Gasteiger charge is 2.62. The van der Waals surface area contributed by atoms with Crippen LogP contribution >= 0.6 is 0 Å². The van der Waals surface area contributed by atoms with Gasteiger partial charge in [0.1, 0.15) is 11.3 Å². The van der Waals surface area contributed by atoms with E-state index in [1.807, 2.05) is 0 Å². The summed E-state index contributed by atoms with van der Waals surface area (Å²) in [6.07, 6.45) is -6.99. The molecule has 1 heterocycles. The molecule has 0 spiro atoms. The maximum atomic E-state index is 13.5. The Hall–Kier alpha value is -2.44. The van der Waals surface area contributed by atoms with Gasteiger partial charge in [0.05, 0.1) is 16.7 Å². The number of amides is 1. The predicted octanol–water partition coefficient (Wildman–Crippen LogP) is 4.31. The van der Waals surface area contributed by atoms with Gasteiger partial charge in [0.25, 0.3) is 0 Å². The summed E-state index contributed by atoms with van der Waals surface area (Å²) in [5, 5.41) is 3.13. The molecule has 1 aromatic carbocycles. The zero-order valence-electron chi connectivity index (χ0n) is 18.5. The zero-order valence-corrected chi connectivity index (χ0v) is 19.4. The lowest BCUT2D eigenvalue weighted by atomic mass is 10.00. The SMILES string of the molecule is CN(CCCS(=O)(=O)c1cccc(C2CC(C(F)(F)C(F)(F)F)=NN2)c1)C(=O)OC(C)(C)C. The fourth-order valence-corrected chi connectivity index (χ4v) is 4.31. The van der Waals surface area contributed by atoms with Crippen molar-refractivity contribution in [1.82, 2.24) is 10.3 Å². The molecule has 0 saturated carbocycles. The first kappa shape index (κ1) is 26.8. The van der Waals surface area contributed by atoms with Gasteiger partial charge in [-0.15, -0.1) is 0 Å². The van der Waals surface area contributed by atoms with Crippen LogP contribution in [-0.4, -0.2) is 62.2 Å². The second-order valence-electron chi connectivity index (χ2n) is 8.66. The lowest BCUT2D eigenvalue weighted by molar-refractivity contribution is -0.249. The third-order valence-corrected chi connectivity index (χ3v) is 6.50. The highest BCUT2D eigenvalue weighted by atomic mass is 32.2. The maximum Gasteiger partial charge on any atom is 0.459 e. The number of nitrogens with one attached hydrogen (secondary N) is 1. The van der Waals surface area contributed by atoms with E-state index in [2.05, 4.69) is 10.5 Å². The van der Waals surface area contributed by atoms with E-state index in [1.54, 1.807) is 20.8 Å². The van der Waals surface area contributed by atoms with E-state index < -0.39 is 51.8 Å². The Balaban J connectivity index is 2.02. The van der Waals surface area contributed by atoms with Crippen molar-refractivity contribution in [2.45, 2.75) is 62.3 Å². The van der Waals surface area contributed by atoms with Crippen molar-refractivity contribution in [1.29, 1.82) is 0 Å². The summed E-state index contributed by atoms with van der Waals surface area (Å²) in [6.45, 7) is 5.22.